The lowest BCUT2D eigenvalue weighted by Gasteiger charge is -2.12. The molecule has 0 radical (unpaired) electrons. The molecule has 0 bridgehead atoms. The number of carboxylic acid groups (broad SMARTS) is 1. The van der Waals surface area contributed by atoms with Crippen LogP contribution in [0.2, 0.25) is 0 Å². The molecule has 0 spiro atoms. The maximum atomic E-state index is 10.6. The van der Waals surface area contributed by atoms with Gasteiger partial charge in [-0.2, -0.15) is 0 Å². The Balaban J connectivity index is 2.44. The van der Waals surface area contributed by atoms with Crippen molar-refractivity contribution < 1.29 is 15.0 Å². The number of phenols is 1. The van der Waals surface area contributed by atoms with E-state index in [9.17, 15) is 9.90 Å². The van der Waals surface area contributed by atoms with E-state index < -0.39 is 5.97 Å². The van der Waals surface area contributed by atoms with Crippen LogP contribution in [0.4, 0.5) is 0 Å². The molecule has 2 aromatic carbocycles. The maximum Gasteiger partial charge on any atom is 0.328 e. The second kappa shape index (κ2) is 6.76. The highest BCUT2D eigenvalue weighted by atomic mass is 16.4. The highest BCUT2D eigenvalue weighted by Crippen LogP contribution is 2.34. The van der Waals surface area contributed by atoms with Gasteiger partial charge < -0.3 is 10.2 Å². The lowest BCUT2D eigenvalue weighted by atomic mass is 9.96. The molecule has 3 heteroatoms. The second-order valence-electron chi connectivity index (χ2n) is 5.04. The van der Waals surface area contributed by atoms with Crippen molar-refractivity contribution in [2.75, 3.05) is 0 Å². The molecule has 0 aromatic heterocycles. The summed E-state index contributed by atoms with van der Waals surface area (Å²) in [5, 5.41) is 19.1. The number of rotatable bonds is 5. The molecule has 2 aromatic rings. The van der Waals surface area contributed by atoms with E-state index in [1.807, 2.05) is 43.3 Å². The smallest absolute Gasteiger partial charge is 0.328 e. The first kappa shape index (κ1) is 15.6. The summed E-state index contributed by atoms with van der Waals surface area (Å²) in [4.78, 5) is 10.6. The normalized spacial score (nSPS) is 10.8. The predicted molar refractivity (Wildman–Crippen MR) is 88.9 cm³/mol. The van der Waals surface area contributed by atoms with E-state index >= 15 is 0 Å². The van der Waals surface area contributed by atoms with Gasteiger partial charge in [-0.05, 0) is 47.7 Å². The van der Waals surface area contributed by atoms with Crippen LogP contribution in [-0.2, 0) is 11.2 Å². The summed E-state index contributed by atoms with van der Waals surface area (Å²) >= 11 is 0. The van der Waals surface area contributed by atoms with Crippen molar-refractivity contribution >= 4 is 12.0 Å². The van der Waals surface area contributed by atoms with Gasteiger partial charge >= 0.3 is 5.97 Å². The Kier molecular flexibility index (Phi) is 4.79. The lowest BCUT2D eigenvalue weighted by molar-refractivity contribution is -0.131. The number of carboxylic acids is 1. The predicted octanol–water partition coefficient (Wildman–Crippen LogP) is 4.19. The van der Waals surface area contributed by atoms with Crippen molar-refractivity contribution in [1.29, 1.82) is 0 Å². The molecule has 0 aliphatic carbocycles. The van der Waals surface area contributed by atoms with Gasteiger partial charge in [0.15, 0.2) is 0 Å². The molecule has 0 heterocycles. The van der Waals surface area contributed by atoms with E-state index in [1.54, 1.807) is 6.08 Å². The van der Waals surface area contributed by atoms with E-state index in [4.69, 9.17) is 5.11 Å². The van der Waals surface area contributed by atoms with Gasteiger partial charge in [-0.3, -0.25) is 0 Å². The summed E-state index contributed by atoms with van der Waals surface area (Å²) in [5.74, 6) is -0.739. The van der Waals surface area contributed by atoms with Crippen molar-refractivity contribution in [2.45, 2.75) is 13.3 Å². The third kappa shape index (κ3) is 3.44. The van der Waals surface area contributed by atoms with Crippen LogP contribution in [0.3, 0.4) is 0 Å². The molecule has 0 atom stereocenters. The molecule has 0 unspecified atom stereocenters. The number of hydrogen-bond donors (Lipinski definition) is 2. The van der Waals surface area contributed by atoms with Crippen molar-refractivity contribution in [3.8, 4) is 16.9 Å². The molecule has 22 heavy (non-hydrogen) atoms. The Morgan fingerprint density at radius 2 is 2.05 bits per heavy atom. The van der Waals surface area contributed by atoms with Crippen LogP contribution in [-0.4, -0.2) is 16.2 Å². The molecule has 0 saturated carbocycles. The molecule has 112 valence electrons. The van der Waals surface area contributed by atoms with Gasteiger partial charge in [0.1, 0.15) is 5.75 Å². The quantitative estimate of drug-likeness (QED) is 0.642. The lowest BCUT2D eigenvalue weighted by Crippen LogP contribution is -1.91. The number of benzene rings is 2. The number of aromatic hydroxyl groups is 1. The summed E-state index contributed by atoms with van der Waals surface area (Å²) in [6.45, 7) is 5.60. The SMILES string of the molecule is C=CCc1ccc(-c2cccc(/C=C/C(=O)O)c2)c(O)c1C. The van der Waals surface area contributed by atoms with E-state index in [0.29, 0.717) is 6.42 Å². The Morgan fingerprint density at radius 3 is 2.73 bits per heavy atom. The first-order valence-corrected chi connectivity index (χ1v) is 6.96. The van der Waals surface area contributed by atoms with E-state index in [-0.39, 0.29) is 5.75 Å². The molecule has 2 rings (SSSR count). The minimum absolute atomic E-state index is 0.249. The Labute approximate surface area is 129 Å². The zero-order valence-electron chi connectivity index (χ0n) is 12.4. The van der Waals surface area contributed by atoms with E-state index in [1.165, 1.54) is 6.08 Å². The fourth-order valence-corrected chi connectivity index (χ4v) is 2.33. The summed E-state index contributed by atoms with van der Waals surface area (Å²) in [6.07, 6.45) is 5.14. The van der Waals surface area contributed by atoms with Crippen LogP contribution >= 0.6 is 0 Å². The molecule has 0 saturated heterocycles. The van der Waals surface area contributed by atoms with E-state index in [2.05, 4.69) is 6.58 Å². The Morgan fingerprint density at radius 1 is 1.27 bits per heavy atom. The molecule has 0 aliphatic heterocycles. The maximum absolute atomic E-state index is 10.6. The minimum atomic E-state index is -0.988. The third-order valence-corrected chi connectivity index (χ3v) is 3.52. The molecule has 0 aliphatic rings. The van der Waals surface area contributed by atoms with Gasteiger partial charge in [-0.15, -0.1) is 6.58 Å². The van der Waals surface area contributed by atoms with Crippen molar-refractivity contribution in [3.05, 3.63) is 71.8 Å². The summed E-state index contributed by atoms with van der Waals surface area (Å²) in [5.41, 5.74) is 4.23. The van der Waals surface area contributed by atoms with Gasteiger partial charge in [0.2, 0.25) is 0 Å². The van der Waals surface area contributed by atoms with Crippen molar-refractivity contribution in [1.82, 2.24) is 0 Å². The summed E-state index contributed by atoms with van der Waals surface area (Å²) < 4.78 is 0. The minimum Gasteiger partial charge on any atom is -0.507 e. The van der Waals surface area contributed by atoms with Crippen molar-refractivity contribution in [2.24, 2.45) is 0 Å². The first-order chi connectivity index (χ1) is 10.5. The number of carbonyl (C=O) groups is 1. The number of allylic oxidation sites excluding steroid dienone is 1. The monoisotopic (exact) mass is 294 g/mol. The largest absolute Gasteiger partial charge is 0.507 e. The molecule has 3 nitrogen and oxygen atoms in total. The standard InChI is InChI=1S/C19H18O3/c1-3-5-15-9-10-17(19(22)13(15)2)16-7-4-6-14(12-16)8-11-18(20)21/h3-4,6-12,22H,1,5H2,2H3,(H,20,21)/b11-8+. The highest BCUT2D eigenvalue weighted by molar-refractivity contribution is 5.86. The fourth-order valence-electron chi connectivity index (χ4n) is 2.33. The molecule has 0 fully saturated rings. The number of hydrogen-bond acceptors (Lipinski definition) is 2. The van der Waals surface area contributed by atoms with Crippen LogP contribution in [0.1, 0.15) is 16.7 Å². The topological polar surface area (TPSA) is 57.5 Å². The second-order valence-corrected chi connectivity index (χ2v) is 5.04. The summed E-state index contributed by atoms with van der Waals surface area (Å²) in [7, 11) is 0. The van der Waals surface area contributed by atoms with Gasteiger partial charge in [0.05, 0.1) is 0 Å². The fraction of sp³-hybridized carbons (Fsp3) is 0.105. The van der Waals surface area contributed by atoms with Crippen LogP contribution in [0.5, 0.6) is 5.75 Å². The first-order valence-electron chi connectivity index (χ1n) is 6.96. The molecular weight excluding hydrogens is 276 g/mol. The van der Waals surface area contributed by atoms with Crippen molar-refractivity contribution in [3.63, 3.8) is 0 Å². The average Bonchev–Trinajstić information content (AvgIpc) is 2.50. The number of aliphatic carboxylic acids is 1. The van der Waals surface area contributed by atoms with Gasteiger partial charge in [-0.25, -0.2) is 4.79 Å². The van der Waals surface area contributed by atoms with Gasteiger partial charge in [0.25, 0.3) is 0 Å². The molecule has 0 amide bonds. The van der Waals surface area contributed by atoms with E-state index in [0.717, 1.165) is 33.9 Å². The van der Waals surface area contributed by atoms with Gasteiger partial charge in [-0.1, -0.05) is 36.4 Å². The number of phenolic OH excluding ortho intramolecular Hbond substituents is 1. The Bertz CT molecular complexity index is 742. The average molecular weight is 294 g/mol. The van der Waals surface area contributed by atoms with Crippen LogP contribution < -0.4 is 0 Å². The van der Waals surface area contributed by atoms with Crippen LogP contribution in [0, 0.1) is 6.92 Å². The molecule has 2 N–H and O–H groups in total. The highest BCUT2D eigenvalue weighted by Gasteiger charge is 2.10. The Hall–Kier alpha value is -2.81. The van der Waals surface area contributed by atoms with Crippen LogP contribution in [0.25, 0.3) is 17.2 Å². The molecular formula is C19H18O3. The van der Waals surface area contributed by atoms with Crippen LogP contribution in [0.15, 0.2) is 55.1 Å². The van der Waals surface area contributed by atoms with Gasteiger partial charge in [0, 0.05) is 11.6 Å². The zero-order chi connectivity index (χ0) is 16.1. The summed E-state index contributed by atoms with van der Waals surface area (Å²) in [6, 6.07) is 11.2. The zero-order valence-corrected chi connectivity index (χ0v) is 12.4. The third-order valence-electron chi connectivity index (χ3n) is 3.52.